The van der Waals surface area contributed by atoms with Crippen molar-refractivity contribution in [1.29, 1.82) is 0 Å². The molecule has 1 N–H and O–H groups in total. The van der Waals surface area contributed by atoms with Crippen molar-refractivity contribution < 1.29 is 0 Å². The summed E-state index contributed by atoms with van der Waals surface area (Å²) < 4.78 is 2.42. The van der Waals surface area contributed by atoms with E-state index < -0.39 is 0 Å². The molecule has 0 spiro atoms. The standard InChI is InChI=1S/C17H19N3S2/c1-3-20-14-4-6-18-9-13(14)16-12(11-5-7-22-10-11)8-15(21-2)19-17(16)20/h5,7-8,10,18H,3-4,6,9H2,1-2H3. The van der Waals surface area contributed by atoms with Gasteiger partial charge < -0.3 is 9.88 Å². The Labute approximate surface area is 138 Å². The zero-order valence-corrected chi connectivity index (χ0v) is 14.5. The Morgan fingerprint density at radius 3 is 3.09 bits per heavy atom. The molecule has 5 heteroatoms. The summed E-state index contributed by atoms with van der Waals surface area (Å²) in [6.07, 6.45) is 3.20. The van der Waals surface area contributed by atoms with Gasteiger partial charge in [-0.05, 0) is 52.8 Å². The number of hydrogen-bond acceptors (Lipinski definition) is 4. The minimum Gasteiger partial charge on any atom is -0.329 e. The summed E-state index contributed by atoms with van der Waals surface area (Å²) in [4.78, 5) is 4.94. The van der Waals surface area contributed by atoms with Crippen molar-refractivity contribution in [2.75, 3.05) is 12.8 Å². The largest absolute Gasteiger partial charge is 0.329 e. The first-order chi connectivity index (χ1) is 10.8. The van der Waals surface area contributed by atoms with Gasteiger partial charge in [0.1, 0.15) is 5.65 Å². The van der Waals surface area contributed by atoms with E-state index in [0.717, 1.165) is 36.7 Å². The maximum atomic E-state index is 4.94. The molecule has 0 bridgehead atoms. The van der Waals surface area contributed by atoms with Crippen LogP contribution in [0.25, 0.3) is 22.2 Å². The van der Waals surface area contributed by atoms with Crippen LogP contribution in [0.3, 0.4) is 0 Å². The lowest BCUT2D eigenvalue weighted by Crippen LogP contribution is -2.24. The van der Waals surface area contributed by atoms with Gasteiger partial charge in [0.05, 0.1) is 5.03 Å². The summed E-state index contributed by atoms with van der Waals surface area (Å²) in [7, 11) is 0. The van der Waals surface area contributed by atoms with E-state index in [1.54, 1.807) is 23.1 Å². The zero-order chi connectivity index (χ0) is 15.1. The summed E-state index contributed by atoms with van der Waals surface area (Å²) in [5.74, 6) is 0. The highest BCUT2D eigenvalue weighted by atomic mass is 32.2. The van der Waals surface area contributed by atoms with Crippen molar-refractivity contribution in [3.05, 3.63) is 34.2 Å². The predicted octanol–water partition coefficient (Wildman–Crippen LogP) is 4.15. The summed E-state index contributed by atoms with van der Waals surface area (Å²) in [6, 6.07) is 4.47. The number of thioether (sulfide) groups is 1. The van der Waals surface area contributed by atoms with Gasteiger partial charge in [0.15, 0.2) is 0 Å². The third-order valence-electron chi connectivity index (χ3n) is 4.41. The number of fused-ring (bicyclic) bond motifs is 3. The number of aryl methyl sites for hydroxylation is 1. The van der Waals surface area contributed by atoms with Gasteiger partial charge in [-0.15, -0.1) is 11.8 Å². The molecule has 3 aromatic heterocycles. The summed E-state index contributed by atoms with van der Waals surface area (Å²) >= 11 is 3.48. The molecule has 4 heterocycles. The number of rotatable bonds is 3. The van der Waals surface area contributed by atoms with E-state index in [4.69, 9.17) is 4.98 Å². The zero-order valence-electron chi connectivity index (χ0n) is 12.8. The lowest BCUT2D eigenvalue weighted by atomic mass is 10.0. The molecular weight excluding hydrogens is 310 g/mol. The summed E-state index contributed by atoms with van der Waals surface area (Å²) in [5.41, 5.74) is 6.73. The monoisotopic (exact) mass is 329 g/mol. The van der Waals surface area contributed by atoms with E-state index in [0.29, 0.717) is 0 Å². The normalized spacial score (nSPS) is 14.5. The van der Waals surface area contributed by atoms with Crippen LogP contribution in [0.15, 0.2) is 27.9 Å². The van der Waals surface area contributed by atoms with Crippen molar-refractivity contribution >= 4 is 34.1 Å². The smallest absolute Gasteiger partial charge is 0.142 e. The number of nitrogens with zero attached hydrogens (tertiary/aromatic N) is 2. The van der Waals surface area contributed by atoms with Crippen LogP contribution >= 0.6 is 23.1 Å². The van der Waals surface area contributed by atoms with Crippen LogP contribution in [-0.4, -0.2) is 22.4 Å². The van der Waals surface area contributed by atoms with Crippen LogP contribution in [0, 0.1) is 0 Å². The molecule has 1 aliphatic rings. The van der Waals surface area contributed by atoms with E-state index in [-0.39, 0.29) is 0 Å². The van der Waals surface area contributed by atoms with Crippen LogP contribution in [0.1, 0.15) is 18.2 Å². The Bertz CT molecular complexity index is 818. The molecule has 0 aliphatic carbocycles. The van der Waals surface area contributed by atoms with E-state index in [1.807, 2.05) is 0 Å². The van der Waals surface area contributed by atoms with Gasteiger partial charge in [0.25, 0.3) is 0 Å². The second-order valence-electron chi connectivity index (χ2n) is 5.52. The molecule has 0 saturated heterocycles. The number of hydrogen-bond donors (Lipinski definition) is 1. The Balaban J connectivity index is 2.11. The molecule has 0 saturated carbocycles. The second kappa shape index (κ2) is 5.72. The molecule has 0 fully saturated rings. The van der Waals surface area contributed by atoms with Gasteiger partial charge in [-0.1, -0.05) is 0 Å². The van der Waals surface area contributed by atoms with Gasteiger partial charge in [0, 0.05) is 37.1 Å². The first kappa shape index (κ1) is 14.3. The minimum atomic E-state index is 0.955. The Hall–Kier alpha value is -1.30. The van der Waals surface area contributed by atoms with Crippen LogP contribution < -0.4 is 5.32 Å². The van der Waals surface area contributed by atoms with E-state index in [1.165, 1.54) is 27.8 Å². The topological polar surface area (TPSA) is 29.9 Å². The van der Waals surface area contributed by atoms with Gasteiger partial charge in [0.2, 0.25) is 0 Å². The van der Waals surface area contributed by atoms with Gasteiger partial charge in [-0.25, -0.2) is 4.98 Å². The molecule has 0 aromatic carbocycles. The van der Waals surface area contributed by atoms with Gasteiger partial charge in [-0.3, -0.25) is 0 Å². The van der Waals surface area contributed by atoms with Crippen LogP contribution in [0.4, 0.5) is 0 Å². The van der Waals surface area contributed by atoms with Crippen molar-refractivity contribution in [2.24, 2.45) is 0 Å². The SMILES string of the molecule is CCn1c2c(c3c(-c4ccsc4)cc(SC)nc31)CNCC2. The fourth-order valence-corrected chi connectivity index (χ4v) is 4.49. The molecule has 0 unspecified atom stereocenters. The molecule has 0 atom stereocenters. The Morgan fingerprint density at radius 2 is 2.36 bits per heavy atom. The molecule has 1 aliphatic heterocycles. The number of thiophene rings is 1. The lowest BCUT2D eigenvalue weighted by Gasteiger charge is -2.16. The molecular formula is C17H19N3S2. The first-order valence-corrected chi connectivity index (χ1v) is 9.82. The third kappa shape index (κ3) is 2.11. The second-order valence-corrected chi connectivity index (χ2v) is 7.13. The number of nitrogens with one attached hydrogen (secondary N) is 1. The quantitative estimate of drug-likeness (QED) is 0.732. The molecule has 114 valence electrons. The third-order valence-corrected chi connectivity index (χ3v) is 5.72. The summed E-state index contributed by atoms with van der Waals surface area (Å²) in [6.45, 7) is 5.22. The number of pyridine rings is 1. The molecule has 3 aromatic rings. The van der Waals surface area contributed by atoms with Crippen LogP contribution in [0.5, 0.6) is 0 Å². The highest BCUT2D eigenvalue weighted by Crippen LogP contribution is 2.38. The minimum absolute atomic E-state index is 0.955. The van der Waals surface area contributed by atoms with Crippen LogP contribution in [0.2, 0.25) is 0 Å². The molecule has 0 radical (unpaired) electrons. The number of aromatic nitrogens is 2. The average molecular weight is 329 g/mol. The highest BCUT2D eigenvalue weighted by Gasteiger charge is 2.23. The summed E-state index contributed by atoms with van der Waals surface area (Å²) in [5, 5.41) is 10.4. The van der Waals surface area contributed by atoms with Gasteiger partial charge in [-0.2, -0.15) is 11.3 Å². The molecule has 22 heavy (non-hydrogen) atoms. The highest BCUT2D eigenvalue weighted by molar-refractivity contribution is 7.98. The first-order valence-electron chi connectivity index (χ1n) is 7.65. The average Bonchev–Trinajstić information content (AvgIpc) is 3.19. The predicted molar refractivity (Wildman–Crippen MR) is 95.9 cm³/mol. The fourth-order valence-electron chi connectivity index (χ4n) is 3.42. The fraction of sp³-hybridized carbons (Fsp3) is 0.353. The van der Waals surface area contributed by atoms with Crippen molar-refractivity contribution in [1.82, 2.24) is 14.9 Å². The Morgan fingerprint density at radius 1 is 1.45 bits per heavy atom. The molecule has 0 amide bonds. The Kier molecular flexibility index (Phi) is 3.72. The van der Waals surface area contributed by atoms with Crippen molar-refractivity contribution in [2.45, 2.75) is 31.5 Å². The van der Waals surface area contributed by atoms with E-state index in [9.17, 15) is 0 Å². The van der Waals surface area contributed by atoms with Crippen molar-refractivity contribution in [3.8, 4) is 11.1 Å². The lowest BCUT2D eigenvalue weighted by molar-refractivity contribution is 0.605. The van der Waals surface area contributed by atoms with Crippen LogP contribution in [-0.2, 0) is 19.5 Å². The van der Waals surface area contributed by atoms with Crippen molar-refractivity contribution in [3.63, 3.8) is 0 Å². The maximum Gasteiger partial charge on any atom is 0.142 e. The molecule has 3 nitrogen and oxygen atoms in total. The van der Waals surface area contributed by atoms with E-state index in [2.05, 4.69) is 46.0 Å². The van der Waals surface area contributed by atoms with Gasteiger partial charge >= 0.3 is 0 Å². The van der Waals surface area contributed by atoms with E-state index >= 15 is 0 Å². The maximum absolute atomic E-state index is 4.94. The molecule has 4 rings (SSSR count).